The quantitative estimate of drug-likeness (QED) is 0.327. The molecule has 164 valence electrons. The second-order valence-electron chi connectivity index (χ2n) is 6.48. The number of esters is 3. The molecule has 31 heavy (non-hydrogen) atoms. The number of hydrogen-bond donors (Lipinski definition) is 3. The van der Waals surface area contributed by atoms with E-state index in [2.05, 4.69) is 14.7 Å². The van der Waals surface area contributed by atoms with E-state index in [1.807, 2.05) is 36.4 Å². The lowest BCUT2D eigenvalue weighted by atomic mass is 10.3. The van der Waals surface area contributed by atoms with Crippen LogP contribution < -0.4 is 11.5 Å². The molecule has 0 spiro atoms. The molecule has 0 amide bonds. The molecular formula is C22H26N4O5. The van der Waals surface area contributed by atoms with Gasteiger partial charge in [-0.1, -0.05) is 24.3 Å². The van der Waals surface area contributed by atoms with E-state index in [0.717, 1.165) is 16.9 Å². The first kappa shape index (κ1) is 23.4. The molecule has 0 bridgehead atoms. The van der Waals surface area contributed by atoms with Gasteiger partial charge in [-0.15, -0.1) is 0 Å². The second kappa shape index (κ2) is 12.0. The summed E-state index contributed by atoms with van der Waals surface area (Å²) in [6.45, 7) is 2.23. The van der Waals surface area contributed by atoms with Gasteiger partial charge in [0.05, 0.1) is 48.3 Å². The third kappa shape index (κ3) is 8.17. The molecular weight excluding hydrogens is 400 g/mol. The van der Waals surface area contributed by atoms with Crippen molar-refractivity contribution in [2.45, 2.75) is 32.6 Å². The van der Waals surface area contributed by atoms with Crippen LogP contribution in [-0.2, 0) is 30.3 Å². The van der Waals surface area contributed by atoms with Crippen LogP contribution in [-0.4, -0.2) is 34.5 Å². The van der Waals surface area contributed by atoms with Crippen LogP contribution >= 0.6 is 0 Å². The molecule has 3 aromatic rings. The Bertz CT molecular complexity index is 963. The first-order valence-electron chi connectivity index (χ1n) is 9.81. The lowest BCUT2D eigenvalue weighted by molar-refractivity contribution is -0.152. The highest BCUT2D eigenvalue weighted by atomic mass is 16.6. The van der Waals surface area contributed by atoms with Crippen LogP contribution in [0.2, 0.25) is 0 Å². The Labute approximate surface area is 179 Å². The summed E-state index contributed by atoms with van der Waals surface area (Å²) in [6, 6.07) is 15.1. The van der Waals surface area contributed by atoms with Gasteiger partial charge in [-0.3, -0.25) is 14.4 Å². The number of H-pyrrole nitrogens is 1. The predicted octanol–water partition coefficient (Wildman–Crippen LogP) is 2.76. The number of rotatable bonds is 4. The molecule has 4 rings (SSSR count). The number of aryl methyl sites for hydroxylation is 1. The van der Waals surface area contributed by atoms with Crippen molar-refractivity contribution in [3.05, 3.63) is 54.4 Å². The molecule has 2 heterocycles. The maximum absolute atomic E-state index is 11.2. The number of aromatic nitrogens is 2. The standard InChI is InChI=1S/C12H14N2O2.C6H8N2.C4H4O3/c1-2-16-12(15)8-7-11-13-9-5-3-4-6-10(9)14-11;7-5-3-1-2-4-6(5)8;5-3-1-2-4(6)7-3/h3-6H,2,7-8H2,1H3,(H,13,14);1-4H,7-8H2;1-2H2. The number of carbonyl (C=O) groups is 3. The fourth-order valence-electron chi connectivity index (χ4n) is 2.52. The molecule has 5 N–H and O–H groups in total. The fourth-order valence-corrected chi connectivity index (χ4v) is 2.52. The van der Waals surface area contributed by atoms with E-state index in [9.17, 15) is 14.4 Å². The highest BCUT2D eigenvalue weighted by molar-refractivity contribution is 5.92. The van der Waals surface area contributed by atoms with Gasteiger partial charge in [-0.2, -0.15) is 0 Å². The van der Waals surface area contributed by atoms with E-state index in [0.29, 0.717) is 30.8 Å². The number of carbonyl (C=O) groups excluding carboxylic acids is 3. The summed E-state index contributed by atoms with van der Waals surface area (Å²) in [5.74, 6) is -0.146. The summed E-state index contributed by atoms with van der Waals surface area (Å²) >= 11 is 0. The lowest BCUT2D eigenvalue weighted by Crippen LogP contribution is -2.05. The minimum Gasteiger partial charge on any atom is -0.466 e. The van der Waals surface area contributed by atoms with Gasteiger partial charge < -0.3 is 25.9 Å². The van der Waals surface area contributed by atoms with Crippen LogP contribution in [0.3, 0.4) is 0 Å². The van der Waals surface area contributed by atoms with Crippen LogP contribution in [0.1, 0.15) is 32.0 Å². The molecule has 1 saturated heterocycles. The Morgan fingerprint density at radius 2 is 1.61 bits per heavy atom. The number of para-hydroxylation sites is 4. The average molecular weight is 426 g/mol. The fraction of sp³-hybridized carbons (Fsp3) is 0.273. The van der Waals surface area contributed by atoms with Gasteiger partial charge in [-0.25, -0.2) is 4.98 Å². The number of imidazole rings is 1. The molecule has 0 atom stereocenters. The molecule has 1 aliphatic heterocycles. The summed E-state index contributed by atoms with van der Waals surface area (Å²) in [4.78, 5) is 38.7. The average Bonchev–Trinajstić information content (AvgIpc) is 3.34. The number of hydrogen-bond acceptors (Lipinski definition) is 8. The van der Waals surface area contributed by atoms with Crippen molar-refractivity contribution >= 4 is 40.3 Å². The number of fused-ring (bicyclic) bond motifs is 1. The van der Waals surface area contributed by atoms with Crippen LogP contribution in [0.15, 0.2) is 48.5 Å². The summed E-state index contributed by atoms with van der Waals surface area (Å²) in [6.07, 6.45) is 1.48. The SMILES string of the molecule is CCOC(=O)CCc1nc2ccccc2[nH]1.Nc1ccccc1N.O=C1CCC(=O)O1. The van der Waals surface area contributed by atoms with Crippen molar-refractivity contribution in [2.75, 3.05) is 18.1 Å². The number of nitrogens with zero attached hydrogens (tertiary/aromatic N) is 1. The molecule has 0 saturated carbocycles. The van der Waals surface area contributed by atoms with Crippen molar-refractivity contribution in [3.63, 3.8) is 0 Å². The molecule has 0 aliphatic carbocycles. The Hall–Kier alpha value is -3.88. The van der Waals surface area contributed by atoms with E-state index < -0.39 is 11.9 Å². The Balaban J connectivity index is 0.000000189. The molecule has 2 aromatic carbocycles. The number of nitrogens with one attached hydrogen (secondary N) is 1. The van der Waals surface area contributed by atoms with Crippen molar-refractivity contribution in [1.29, 1.82) is 0 Å². The molecule has 0 unspecified atom stereocenters. The summed E-state index contributed by atoms with van der Waals surface area (Å²) in [5.41, 5.74) is 14.0. The highest BCUT2D eigenvalue weighted by Gasteiger charge is 2.19. The van der Waals surface area contributed by atoms with Gasteiger partial charge in [0, 0.05) is 6.42 Å². The highest BCUT2D eigenvalue weighted by Crippen LogP contribution is 2.12. The van der Waals surface area contributed by atoms with Gasteiger partial charge in [-0.05, 0) is 31.2 Å². The van der Waals surface area contributed by atoms with Crippen molar-refractivity contribution in [3.8, 4) is 0 Å². The Morgan fingerprint density at radius 3 is 2.10 bits per heavy atom. The minimum absolute atomic E-state index is 0.178. The molecule has 9 heteroatoms. The van der Waals surface area contributed by atoms with Gasteiger partial charge >= 0.3 is 17.9 Å². The number of anilines is 2. The molecule has 0 radical (unpaired) electrons. The second-order valence-corrected chi connectivity index (χ2v) is 6.48. The lowest BCUT2D eigenvalue weighted by Gasteiger charge is -1.98. The first-order chi connectivity index (χ1) is 14.9. The zero-order valence-electron chi connectivity index (χ0n) is 17.3. The molecule has 1 aliphatic rings. The van der Waals surface area contributed by atoms with Crippen molar-refractivity contribution in [2.24, 2.45) is 0 Å². The topological polar surface area (TPSA) is 150 Å². The zero-order valence-corrected chi connectivity index (χ0v) is 17.3. The number of nitrogens with two attached hydrogens (primary N) is 2. The van der Waals surface area contributed by atoms with E-state index >= 15 is 0 Å². The van der Waals surface area contributed by atoms with Crippen molar-refractivity contribution in [1.82, 2.24) is 9.97 Å². The number of aromatic amines is 1. The smallest absolute Gasteiger partial charge is 0.314 e. The minimum atomic E-state index is -0.398. The van der Waals surface area contributed by atoms with Gasteiger partial charge in [0.15, 0.2) is 0 Å². The van der Waals surface area contributed by atoms with Crippen LogP contribution in [0, 0.1) is 0 Å². The summed E-state index contributed by atoms with van der Waals surface area (Å²) < 4.78 is 8.94. The molecule has 1 fully saturated rings. The zero-order chi connectivity index (χ0) is 22.6. The summed E-state index contributed by atoms with van der Waals surface area (Å²) in [5, 5.41) is 0. The largest absolute Gasteiger partial charge is 0.466 e. The van der Waals surface area contributed by atoms with E-state index in [4.69, 9.17) is 16.2 Å². The number of cyclic esters (lactones) is 2. The van der Waals surface area contributed by atoms with Gasteiger partial charge in [0.2, 0.25) is 0 Å². The first-order valence-corrected chi connectivity index (χ1v) is 9.81. The maximum atomic E-state index is 11.2. The monoisotopic (exact) mass is 426 g/mol. The van der Waals surface area contributed by atoms with Crippen LogP contribution in [0.25, 0.3) is 11.0 Å². The van der Waals surface area contributed by atoms with Gasteiger partial charge in [0.1, 0.15) is 5.82 Å². The van der Waals surface area contributed by atoms with E-state index in [-0.39, 0.29) is 18.8 Å². The predicted molar refractivity (Wildman–Crippen MR) is 117 cm³/mol. The number of ether oxygens (including phenoxy) is 2. The van der Waals surface area contributed by atoms with E-state index in [1.165, 1.54) is 0 Å². The Kier molecular flexibility index (Phi) is 9.03. The number of benzene rings is 2. The summed E-state index contributed by atoms with van der Waals surface area (Å²) in [7, 11) is 0. The van der Waals surface area contributed by atoms with E-state index in [1.54, 1.807) is 19.1 Å². The third-order valence-corrected chi connectivity index (χ3v) is 4.07. The van der Waals surface area contributed by atoms with Gasteiger partial charge in [0.25, 0.3) is 0 Å². The van der Waals surface area contributed by atoms with Crippen LogP contribution in [0.4, 0.5) is 11.4 Å². The normalized spacial score (nSPS) is 12.3. The van der Waals surface area contributed by atoms with Crippen molar-refractivity contribution < 1.29 is 23.9 Å². The Morgan fingerprint density at radius 1 is 1.03 bits per heavy atom. The molecule has 1 aromatic heterocycles. The maximum Gasteiger partial charge on any atom is 0.314 e. The molecule has 9 nitrogen and oxygen atoms in total. The number of nitrogen functional groups attached to an aromatic ring is 2. The van der Waals surface area contributed by atoms with Crippen LogP contribution in [0.5, 0.6) is 0 Å². The third-order valence-electron chi connectivity index (χ3n) is 4.07.